The van der Waals surface area contributed by atoms with Crippen molar-refractivity contribution in [2.45, 2.75) is 12.5 Å². The quantitative estimate of drug-likeness (QED) is 0.555. The van der Waals surface area contributed by atoms with Gasteiger partial charge in [0.2, 0.25) is 0 Å². The van der Waals surface area contributed by atoms with Crippen LogP contribution in [0.4, 0.5) is 0 Å². The maximum atomic E-state index is 12.6. The second-order valence-corrected chi connectivity index (χ2v) is 6.30. The van der Waals surface area contributed by atoms with Crippen molar-refractivity contribution in [3.05, 3.63) is 63.4 Å². The summed E-state index contributed by atoms with van der Waals surface area (Å²) in [7, 11) is 0. The van der Waals surface area contributed by atoms with E-state index in [1.165, 1.54) is 0 Å². The maximum Gasteiger partial charge on any atom is 0.251 e. The first-order valence-corrected chi connectivity index (χ1v) is 8.37. The van der Waals surface area contributed by atoms with Crippen molar-refractivity contribution in [1.82, 2.24) is 15.5 Å². The standard InChI is InChI=1S/C17H16IN3O2/c18-16-13-10-12(6-7-15(13)20-21-16)17(23)19-14(8-9-22)11-4-2-1-3-5-11/h1-7,10,14,22H,8-9H2,(H,19,23)(H,20,21). The van der Waals surface area contributed by atoms with Gasteiger partial charge in [-0.2, -0.15) is 5.10 Å². The van der Waals surface area contributed by atoms with E-state index in [-0.39, 0.29) is 18.6 Å². The van der Waals surface area contributed by atoms with Gasteiger partial charge in [0.25, 0.3) is 5.91 Å². The molecule has 0 saturated carbocycles. The molecule has 0 fully saturated rings. The van der Waals surface area contributed by atoms with Gasteiger partial charge in [-0.15, -0.1) is 0 Å². The number of carbonyl (C=O) groups excluding carboxylic acids is 1. The molecule has 0 saturated heterocycles. The van der Waals surface area contributed by atoms with Crippen LogP contribution in [0.3, 0.4) is 0 Å². The lowest BCUT2D eigenvalue weighted by Crippen LogP contribution is -2.29. The first kappa shape index (κ1) is 15.9. The normalized spacial score (nSPS) is 12.3. The lowest BCUT2D eigenvalue weighted by Gasteiger charge is -2.18. The van der Waals surface area contributed by atoms with E-state index in [0.29, 0.717) is 12.0 Å². The third-order valence-electron chi connectivity index (χ3n) is 3.69. The molecule has 5 nitrogen and oxygen atoms in total. The lowest BCUT2D eigenvalue weighted by atomic mass is 10.0. The van der Waals surface area contributed by atoms with Crippen LogP contribution in [0, 0.1) is 3.70 Å². The minimum absolute atomic E-state index is 0.0124. The summed E-state index contributed by atoms with van der Waals surface area (Å²) in [4.78, 5) is 12.6. The SMILES string of the molecule is O=C(NC(CCO)c1ccccc1)c1ccc2n[nH]c(I)c2c1. The number of amides is 1. The molecule has 3 rings (SSSR count). The maximum absolute atomic E-state index is 12.6. The van der Waals surface area contributed by atoms with Gasteiger partial charge in [0.15, 0.2) is 0 Å². The minimum Gasteiger partial charge on any atom is -0.396 e. The first-order valence-electron chi connectivity index (χ1n) is 7.29. The van der Waals surface area contributed by atoms with Crippen molar-refractivity contribution < 1.29 is 9.90 Å². The zero-order valence-corrected chi connectivity index (χ0v) is 14.4. The van der Waals surface area contributed by atoms with E-state index in [1.54, 1.807) is 6.07 Å². The Morgan fingerprint density at radius 2 is 2.04 bits per heavy atom. The van der Waals surface area contributed by atoms with E-state index in [2.05, 4.69) is 38.1 Å². The van der Waals surface area contributed by atoms with Crippen molar-refractivity contribution in [2.75, 3.05) is 6.61 Å². The Morgan fingerprint density at radius 1 is 1.26 bits per heavy atom. The largest absolute Gasteiger partial charge is 0.396 e. The van der Waals surface area contributed by atoms with Gasteiger partial charge in [-0.25, -0.2) is 0 Å². The number of carbonyl (C=O) groups is 1. The fraction of sp³-hybridized carbons (Fsp3) is 0.176. The third-order valence-corrected chi connectivity index (χ3v) is 4.52. The third kappa shape index (κ3) is 3.53. The zero-order chi connectivity index (χ0) is 16.2. The number of halogens is 1. The number of nitrogens with one attached hydrogen (secondary N) is 2. The molecule has 1 unspecified atom stereocenters. The van der Waals surface area contributed by atoms with E-state index in [1.807, 2.05) is 42.5 Å². The molecule has 1 amide bonds. The number of nitrogens with zero attached hydrogens (tertiary/aromatic N) is 1. The summed E-state index contributed by atoms with van der Waals surface area (Å²) in [5.74, 6) is -0.161. The Bertz CT molecular complexity index is 817. The summed E-state index contributed by atoms with van der Waals surface area (Å²) in [6.07, 6.45) is 0.473. The van der Waals surface area contributed by atoms with Gasteiger partial charge in [0, 0.05) is 17.6 Å². The van der Waals surface area contributed by atoms with Crippen molar-refractivity contribution in [3.8, 4) is 0 Å². The molecule has 6 heteroatoms. The van der Waals surface area contributed by atoms with Crippen LogP contribution >= 0.6 is 22.6 Å². The average Bonchev–Trinajstić information content (AvgIpc) is 2.96. The number of aliphatic hydroxyl groups excluding tert-OH is 1. The van der Waals surface area contributed by atoms with Crippen LogP contribution < -0.4 is 5.32 Å². The molecule has 0 aliphatic heterocycles. The average molecular weight is 421 g/mol. The fourth-order valence-corrected chi connectivity index (χ4v) is 3.05. The van der Waals surface area contributed by atoms with E-state index in [0.717, 1.165) is 20.2 Å². The molecular weight excluding hydrogens is 405 g/mol. The summed E-state index contributed by atoms with van der Waals surface area (Å²) in [6, 6.07) is 14.9. The molecular formula is C17H16IN3O2. The Morgan fingerprint density at radius 3 is 2.78 bits per heavy atom. The smallest absolute Gasteiger partial charge is 0.251 e. The van der Waals surface area contributed by atoms with E-state index < -0.39 is 0 Å². The molecule has 0 aliphatic carbocycles. The molecule has 3 aromatic rings. The molecule has 23 heavy (non-hydrogen) atoms. The highest BCUT2D eigenvalue weighted by Gasteiger charge is 2.16. The van der Waals surface area contributed by atoms with Crippen LogP contribution in [0.2, 0.25) is 0 Å². The summed E-state index contributed by atoms with van der Waals surface area (Å²) < 4.78 is 0.905. The van der Waals surface area contributed by atoms with Gasteiger partial charge in [-0.05, 0) is 52.8 Å². The number of rotatable bonds is 5. The predicted molar refractivity (Wildman–Crippen MR) is 97.2 cm³/mol. The highest BCUT2D eigenvalue weighted by molar-refractivity contribution is 14.1. The van der Waals surface area contributed by atoms with Gasteiger partial charge < -0.3 is 10.4 Å². The lowest BCUT2D eigenvalue weighted by molar-refractivity contribution is 0.0930. The monoisotopic (exact) mass is 421 g/mol. The molecule has 0 spiro atoms. The van der Waals surface area contributed by atoms with Crippen LogP contribution in [0.1, 0.15) is 28.4 Å². The molecule has 0 aliphatic rings. The topological polar surface area (TPSA) is 78.0 Å². The Balaban J connectivity index is 1.84. The highest BCUT2D eigenvalue weighted by Crippen LogP contribution is 2.21. The number of hydrogen-bond acceptors (Lipinski definition) is 3. The van der Waals surface area contributed by atoms with Gasteiger partial charge in [-0.3, -0.25) is 9.89 Å². The summed E-state index contributed by atoms with van der Waals surface area (Å²) in [5, 5.41) is 20.2. The second kappa shape index (κ2) is 7.10. The molecule has 0 bridgehead atoms. The van der Waals surface area contributed by atoms with Crippen molar-refractivity contribution in [3.63, 3.8) is 0 Å². The number of fused-ring (bicyclic) bond motifs is 1. The van der Waals surface area contributed by atoms with Gasteiger partial charge in [0.1, 0.15) is 3.70 Å². The molecule has 118 valence electrons. The molecule has 1 heterocycles. The van der Waals surface area contributed by atoms with Gasteiger partial charge in [0.05, 0.1) is 11.6 Å². The Hall–Kier alpha value is -1.93. The predicted octanol–water partition coefficient (Wildman–Crippen LogP) is 3.02. The number of aromatic nitrogens is 2. The number of hydrogen-bond donors (Lipinski definition) is 3. The zero-order valence-electron chi connectivity index (χ0n) is 12.3. The number of benzene rings is 2. The minimum atomic E-state index is -0.215. The highest BCUT2D eigenvalue weighted by atomic mass is 127. The van der Waals surface area contributed by atoms with Crippen molar-refractivity contribution in [2.24, 2.45) is 0 Å². The van der Waals surface area contributed by atoms with Crippen LogP contribution in [0.25, 0.3) is 10.9 Å². The Kier molecular flexibility index (Phi) is 4.92. The van der Waals surface area contributed by atoms with Gasteiger partial charge in [-0.1, -0.05) is 30.3 Å². The fourth-order valence-electron chi connectivity index (χ4n) is 2.50. The van der Waals surface area contributed by atoms with Crippen molar-refractivity contribution >= 4 is 39.4 Å². The summed E-state index contributed by atoms with van der Waals surface area (Å²) in [6.45, 7) is 0.0124. The number of aromatic amines is 1. The molecule has 2 aromatic carbocycles. The summed E-state index contributed by atoms with van der Waals surface area (Å²) >= 11 is 2.16. The van der Waals surface area contributed by atoms with Crippen molar-refractivity contribution in [1.29, 1.82) is 0 Å². The van der Waals surface area contributed by atoms with Crippen LogP contribution in [0.5, 0.6) is 0 Å². The molecule has 3 N–H and O–H groups in total. The second-order valence-electron chi connectivity index (χ2n) is 5.22. The van der Waals surface area contributed by atoms with E-state index >= 15 is 0 Å². The van der Waals surface area contributed by atoms with E-state index in [9.17, 15) is 9.90 Å². The number of aliphatic hydroxyl groups is 1. The molecule has 1 aromatic heterocycles. The van der Waals surface area contributed by atoms with Crippen LogP contribution in [-0.2, 0) is 0 Å². The molecule has 1 atom stereocenters. The van der Waals surface area contributed by atoms with Crippen LogP contribution in [0.15, 0.2) is 48.5 Å². The summed E-state index contributed by atoms with van der Waals surface area (Å²) in [5.41, 5.74) is 2.39. The Labute approximate surface area is 147 Å². The number of H-pyrrole nitrogens is 1. The molecule has 0 radical (unpaired) electrons. The van der Waals surface area contributed by atoms with Crippen LogP contribution in [-0.4, -0.2) is 27.8 Å². The van der Waals surface area contributed by atoms with E-state index in [4.69, 9.17) is 0 Å². The first-order chi connectivity index (χ1) is 11.2. The van der Waals surface area contributed by atoms with Gasteiger partial charge >= 0.3 is 0 Å².